The van der Waals surface area contributed by atoms with E-state index >= 15 is 0 Å². The first kappa shape index (κ1) is 12.3. The first-order chi connectivity index (χ1) is 8.70. The largest absolute Gasteiger partial charge is 0.464 e. The van der Waals surface area contributed by atoms with E-state index in [0.29, 0.717) is 31.9 Å². The first-order valence-corrected chi connectivity index (χ1v) is 5.62. The summed E-state index contributed by atoms with van der Waals surface area (Å²) < 4.78 is 4.55. The average Bonchev–Trinajstić information content (AvgIpc) is 2.63. The van der Waals surface area contributed by atoms with Crippen molar-refractivity contribution in [3.63, 3.8) is 0 Å². The lowest BCUT2D eigenvalue weighted by Crippen LogP contribution is -2.29. The summed E-state index contributed by atoms with van der Waals surface area (Å²) in [5.74, 6) is 0.178. The van der Waals surface area contributed by atoms with Crippen molar-refractivity contribution in [3.05, 3.63) is 18.1 Å². The smallest absolute Gasteiger partial charge is 0.358 e. The van der Waals surface area contributed by atoms with E-state index in [-0.39, 0.29) is 11.6 Å². The van der Waals surface area contributed by atoms with Gasteiger partial charge >= 0.3 is 5.97 Å². The summed E-state index contributed by atoms with van der Waals surface area (Å²) in [6.07, 6.45) is 3.32. The summed E-state index contributed by atoms with van der Waals surface area (Å²) in [7, 11) is 1.30. The van der Waals surface area contributed by atoms with Crippen LogP contribution in [0.3, 0.4) is 0 Å². The molecule has 0 saturated carbocycles. The number of hydrogen-bond donors (Lipinski definition) is 1. The number of nitrogens with one attached hydrogen (secondary N) is 1. The Morgan fingerprint density at radius 3 is 2.89 bits per heavy atom. The molecule has 1 saturated heterocycles. The zero-order valence-electron chi connectivity index (χ0n) is 10.0. The molecule has 0 bridgehead atoms. The van der Waals surface area contributed by atoms with Gasteiger partial charge in [-0.05, 0) is 0 Å². The monoisotopic (exact) mass is 250 g/mol. The number of carbonyl (C=O) groups excluding carboxylic acids is 2. The molecule has 2 rings (SSSR count). The van der Waals surface area contributed by atoms with Gasteiger partial charge in [0.15, 0.2) is 5.69 Å². The normalized spacial score (nSPS) is 15.8. The summed E-state index contributed by atoms with van der Waals surface area (Å²) >= 11 is 0. The number of methoxy groups -OCH3 is 1. The predicted octanol–water partition coefficient (Wildman–Crippen LogP) is -0.410. The first-order valence-electron chi connectivity index (χ1n) is 5.62. The fourth-order valence-electron chi connectivity index (χ4n) is 1.69. The molecular formula is C11H14N4O3. The Kier molecular flexibility index (Phi) is 3.71. The number of nitrogens with zero attached hydrogens (tertiary/aromatic N) is 3. The summed E-state index contributed by atoms with van der Waals surface area (Å²) in [5, 5.41) is 2.78. The van der Waals surface area contributed by atoms with Crippen molar-refractivity contribution in [1.82, 2.24) is 15.3 Å². The third kappa shape index (κ3) is 2.73. The summed E-state index contributed by atoms with van der Waals surface area (Å²) in [5.41, 5.74) is 0.172. The zero-order chi connectivity index (χ0) is 13.0. The number of rotatable bonds is 2. The second kappa shape index (κ2) is 5.44. The topological polar surface area (TPSA) is 84.4 Å². The van der Waals surface area contributed by atoms with Crippen LogP contribution in [0.4, 0.5) is 5.82 Å². The Hall–Kier alpha value is -2.18. The fraction of sp³-hybridized carbons (Fsp3) is 0.455. The van der Waals surface area contributed by atoms with Gasteiger partial charge in [0.1, 0.15) is 5.82 Å². The summed E-state index contributed by atoms with van der Waals surface area (Å²) in [6.45, 7) is 1.86. The third-order valence-corrected chi connectivity index (χ3v) is 2.67. The minimum absolute atomic E-state index is 0.0386. The van der Waals surface area contributed by atoms with Crippen molar-refractivity contribution in [1.29, 1.82) is 0 Å². The molecule has 1 N–H and O–H groups in total. The molecule has 2 heterocycles. The van der Waals surface area contributed by atoms with Crippen LogP contribution < -0.4 is 10.2 Å². The van der Waals surface area contributed by atoms with Crippen LogP contribution >= 0.6 is 0 Å². The number of esters is 1. The molecule has 0 unspecified atom stereocenters. The molecule has 7 nitrogen and oxygen atoms in total. The van der Waals surface area contributed by atoms with Gasteiger partial charge < -0.3 is 15.0 Å². The maximum Gasteiger partial charge on any atom is 0.358 e. The average molecular weight is 250 g/mol. The maximum atomic E-state index is 11.2. The molecule has 1 aromatic rings. The Bertz CT molecular complexity index is 446. The van der Waals surface area contributed by atoms with E-state index in [4.69, 9.17) is 0 Å². The molecule has 96 valence electrons. The highest BCUT2D eigenvalue weighted by atomic mass is 16.5. The van der Waals surface area contributed by atoms with Gasteiger partial charge in [0, 0.05) is 26.1 Å². The Balaban J connectivity index is 2.09. The highest BCUT2D eigenvalue weighted by molar-refractivity contribution is 5.86. The van der Waals surface area contributed by atoms with Gasteiger partial charge in [-0.25, -0.2) is 14.8 Å². The predicted molar refractivity (Wildman–Crippen MR) is 63.2 cm³/mol. The van der Waals surface area contributed by atoms with Crippen LogP contribution in [0.15, 0.2) is 12.4 Å². The van der Waals surface area contributed by atoms with E-state index in [2.05, 4.69) is 20.0 Å². The van der Waals surface area contributed by atoms with Gasteiger partial charge in [-0.3, -0.25) is 4.79 Å². The van der Waals surface area contributed by atoms with Gasteiger partial charge in [-0.2, -0.15) is 0 Å². The minimum atomic E-state index is -0.512. The van der Waals surface area contributed by atoms with Crippen LogP contribution in [0.25, 0.3) is 0 Å². The standard InChI is InChI=1S/C11H14N4O3/c1-18-11(17)8-6-14-9(7-13-8)15-4-2-10(16)12-3-5-15/h6-7H,2-5H2,1H3,(H,12,16). The number of aromatic nitrogens is 2. The van der Waals surface area contributed by atoms with Crippen molar-refractivity contribution in [2.75, 3.05) is 31.6 Å². The number of hydrogen-bond acceptors (Lipinski definition) is 6. The van der Waals surface area contributed by atoms with E-state index in [1.807, 2.05) is 4.90 Å². The van der Waals surface area contributed by atoms with E-state index in [9.17, 15) is 9.59 Å². The quantitative estimate of drug-likeness (QED) is 0.718. The molecule has 1 aliphatic heterocycles. The van der Waals surface area contributed by atoms with Crippen LogP contribution in [0.2, 0.25) is 0 Å². The molecule has 0 aromatic carbocycles. The molecule has 1 amide bonds. The molecular weight excluding hydrogens is 236 g/mol. The van der Waals surface area contributed by atoms with Crippen molar-refractivity contribution >= 4 is 17.7 Å². The molecule has 1 aliphatic rings. The van der Waals surface area contributed by atoms with Crippen LogP contribution in [-0.4, -0.2) is 48.6 Å². The van der Waals surface area contributed by atoms with Gasteiger partial charge in [0.05, 0.1) is 19.5 Å². The SMILES string of the molecule is COC(=O)c1cnc(N2CCNC(=O)CC2)cn1. The molecule has 0 aliphatic carbocycles. The van der Waals surface area contributed by atoms with E-state index in [1.54, 1.807) is 0 Å². The Labute approximate surface area is 104 Å². The molecule has 7 heteroatoms. The van der Waals surface area contributed by atoms with E-state index < -0.39 is 5.97 Å². The Morgan fingerprint density at radius 1 is 1.39 bits per heavy atom. The van der Waals surface area contributed by atoms with Crippen LogP contribution in [-0.2, 0) is 9.53 Å². The lowest BCUT2D eigenvalue weighted by atomic mass is 10.4. The van der Waals surface area contributed by atoms with Crippen molar-refractivity contribution < 1.29 is 14.3 Å². The lowest BCUT2D eigenvalue weighted by Gasteiger charge is -2.19. The number of carbonyl (C=O) groups is 2. The number of anilines is 1. The molecule has 0 atom stereocenters. The van der Waals surface area contributed by atoms with Gasteiger partial charge in [-0.15, -0.1) is 0 Å². The maximum absolute atomic E-state index is 11.2. The molecule has 18 heavy (non-hydrogen) atoms. The summed E-state index contributed by atoms with van der Waals surface area (Å²) in [4.78, 5) is 32.5. The molecule has 1 aromatic heterocycles. The van der Waals surface area contributed by atoms with Gasteiger partial charge in [0.2, 0.25) is 5.91 Å². The highest BCUT2D eigenvalue weighted by Gasteiger charge is 2.16. The van der Waals surface area contributed by atoms with Crippen molar-refractivity contribution in [3.8, 4) is 0 Å². The Morgan fingerprint density at radius 2 is 2.22 bits per heavy atom. The molecule has 0 radical (unpaired) electrons. The van der Waals surface area contributed by atoms with Crippen LogP contribution in [0.5, 0.6) is 0 Å². The van der Waals surface area contributed by atoms with Crippen molar-refractivity contribution in [2.45, 2.75) is 6.42 Å². The van der Waals surface area contributed by atoms with Gasteiger partial charge in [0.25, 0.3) is 0 Å². The second-order valence-electron chi connectivity index (χ2n) is 3.84. The fourth-order valence-corrected chi connectivity index (χ4v) is 1.69. The highest BCUT2D eigenvalue weighted by Crippen LogP contribution is 2.10. The second-order valence-corrected chi connectivity index (χ2v) is 3.84. The molecule has 1 fully saturated rings. The van der Waals surface area contributed by atoms with Crippen LogP contribution in [0, 0.1) is 0 Å². The lowest BCUT2D eigenvalue weighted by molar-refractivity contribution is -0.120. The van der Waals surface area contributed by atoms with E-state index in [0.717, 1.165) is 0 Å². The molecule has 0 spiro atoms. The van der Waals surface area contributed by atoms with Crippen molar-refractivity contribution in [2.24, 2.45) is 0 Å². The minimum Gasteiger partial charge on any atom is -0.464 e. The number of ether oxygens (including phenoxy) is 1. The third-order valence-electron chi connectivity index (χ3n) is 2.67. The van der Waals surface area contributed by atoms with E-state index in [1.165, 1.54) is 19.5 Å². The summed E-state index contributed by atoms with van der Waals surface area (Å²) in [6, 6.07) is 0. The van der Waals surface area contributed by atoms with Crippen LogP contribution in [0.1, 0.15) is 16.9 Å². The van der Waals surface area contributed by atoms with Gasteiger partial charge in [-0.1, -0.05) is 0 Å². The number of amides is 1. The zero-order valence-corrected chi connectivity index (χ0v) is 10.0.